The SMILES string of the molecule is FC(F)(F)c1ccccc1.OB(O)O.[LiH]. The van der Waals surface area contributed by atoms with Gasteiger partial charge in [0.2, 0.25) is 0 Å². The third kappa shape index (κ3) is 9.85. The van der Waals surface area contributed by atoms with Crippen LogP contribution in [-0.2, 0) is 6.18 Å². The average Bonchev–Trinajstić information content (AvgIpc) is 2.03. The molecule has 0 unspecified atom stereocenters. The predicted molar refractivity (Wildman–Crippen MR) is 51.0 cm³/mol. The Hall–Kier alpha value is -0.448. The Bertz CT molecular complexity index is 253. The quantitative estimate of drug-likeness (QED) is 0.535. The molecule has 0 spiro atoms. The number of hydrogen-bond donors (Lipinski definition) is 3. The van der Waals surface area contributed by atoms with Gasteiger partial charge in [-0.3, -0.25) is 0 Å². The monoisotopic (exact) mass is 216 g/mol. The van der Waals surface area contributed by atoms with Crippen LogP contribution < -0.4 is 0 Å². The van der Waals surface area contributed by atoms with Gasteiger partial charge in [-0.25, -0.2) is 0 Å². The molecule has 0 aliphatic rings. The Morgan fingerprint density at radius 1 is 0.933 bits per heavy atom. The van der Waals surface area contributed by atoms with E-state index in [2.05, 4.69) is 0 Å². The van der Waals surface area contributed by atoms with Gasteiger partial charge in [0.05, 0.1) is 5.56 Å². The molecule has 3 nitrogen and oxygen atoms in total. The van der Waals surface area contributed by atoms with Gasteiger partial charge in [-0.05, 0) is 0 Å². The van der Waals surface area contributed by atoms with E-state index in [1.807, 2.05) is 0 Å². The van der Waals surface area contributed by atoms with E-state index in [0.29, 0.717) is 0 Å². The second-order valence-corrected chi connectivity index (χ2v) is 2.21. The molecule has 0 aliphatic heterocycles. The first-order valence-corrected chi connectivity index (χ1v) is 3.50. The van der Waals surface area contributed by atoms with Gasteiger partial charge < -0.3 is 15.1 Å². The molecule has 0 bridgehead atoms. The Balaban J connectivity index is 0. The van der Waals surface area contributed by atoms with E-state index >= 15 is 0 Å². The standard InChI is InChI=1S/C7H5F3.BH3O3.Li.H/c8-7(9,10)6-4-2-1-3-5-6;2-1(3)4;;/h1-5H;2-4H;;. The summed E-state index contributed by atoms with van der Waals surface area (Å²) in [6, 6.07) is 6.36. The molecule has 1 aromatic rings. The fraction of sp³-hybridized carbons (Fsp3) is 0.143. The minimum atomic E-state index is -4.21. The summed E-state index contributed by atoms with van der Waals surface area (Å²) in [7, 11) is -2.17. The van der Waals surface area contributed by atoms with Gasteiger partial charge in [0.15, 0.2) is 0 Å². The van der Waals surface area contributed by atoms with Crippen molar-refractivity contribution >= 4 is 26.2 Å². The molecule has 0 saturated heterocycles. The molecule has 0 saturated carbocycles. The fourth-order valence-corrected chi connectivity index (χ4v) is 0.627. The molecule has 0 aromatic heterocycles. The van der Waals surface area contributed by atoms with Crippen molar-refractivity contribution in [2.45, 2.75) is 6.18 Å². The Morgan fingerprint density at radius 2 is 1.27 bits per heavy atom. The Kier molecular flexibility index (Phi) is 8.81. The molecule has 8 heteroatoms. The summed E-state index contributed by atoms with van der Waals surface area (Å²) < 4.78 is 35.4. The zero-order chi connectivity index (χ0) is 11.2. The van der Waals surface area contributed by atoms with E-state index in [0.717, 1.165) is 12.1 Å². The molecule has 0 heterocycles. The second kappa shape index (κ2) is 7.79. The minimum absolute atomic E-state index is 0. The van der Waals surface area contributed by atoms with Crippen molar-refractivity contribution in [3.05, 3.63) is 35.9 Å². The van der Waals surface area contributed by atoms with Gasteiger partial charge in [0, 0.05) is 0 Å². The third-order valence-electron chi connectivity index (χ3n) is 1.10. The first-order chi connectivity index (χ1) is 6.34. The molecule has 0 aliphatic carbocycles. The van der Waals surface area contributed by atoms with Crippen LogP contribution in [0.15, 0.2) is 30.3 Å². The molecule has 3 N–H and O–H groups in total. The summed E-state index contributed by atoms with van der Waals surface area (Å²) in [5.41, 5.74) is -0.602. The summed E-state index contributed by atoms with van der Waals surface area (Å²) in [5, 5.41) is 21.5. The third-order valence-corrected chi connectivity index (χ3v) is 1.10. The van der Waals surface area contributed by atoms with Gasteiger partial charge in [0.1, 0.15) is 0 Å². The summed E-state index contributed by atoms with van der Waals surface area (Å²) in [5.74, 6) is 0. The summed E-state index contributed by atoms with van der Waals surface area (Å²) >= 11 is 0. The van der Waals surface area contributed by atoms with Crippen molar-refractivity contribution in [3.8, 4) is 0 Å². The van der Waals surface area contributed by atoms with Crippen molar-refractivity contribution in [2.24, 2.45) is 0 Å². The zero-order valence-electron chi connectivity index (χ0n) is 6.94. The summed E-state index contributed by atoms with van der Waals surface area (Å²) in [6.45, 7) is 0. The maximum atomic E-state index is 11.8. The molecule has 0 amide bonds. The number of halogens is 3. The van der Waals surface area contributed by atoms with Crippen LogP contribution in [0.3, 0.4) is 0 Å². The molecule has 0 fully saturated rings. The molecule has 80 valence electrons. The zero-order valence-corrected chi connectivity index (χ0v) is 6.94. The van der Waals surface area contributed by atoms with Crippen LogP contribution in [0.4, 0.5) is 13.2 Å². The van der Waals surface area contributed by atoms with Crippen LogP contribution in [0.1, 0.15) is 5.56 Å². The van der Waals surface area contributed by atoms with Crippen LogP contribution in [0.25, 0.3) is 0 Å². The van der Waals surface area contributed by atoms with E-state index in [1.54, 1.807) is 6.07 Å². The number of alkyl halides is 3. The van der Waals surface area contributed by atoms with Crippen molar-refractivity contribution in [1.82, 2.24) is 0 Å². The normalized spacial score (nSPS) is 9.47. The van der Waals surface area contributed by atoms with Crippen LogP contribution in [-0.4, -0.2) is 41.3 Å². The van der Waals surface area contributed by atoms with Crippen molar-refractivity contribution in [2.75, 3.05) is 0 Å². The number of hydrogen-bond acceptors (Lipinski definition) is 3. The van der Waals surface area contributed by atoms with Crippen LogP contribution in [0.2, 0.25) is 0 Å². The molecule has 1 aromatic carbocycles. The summed E-state index contributed by atoms with van der Waals surface area (Å²) in [6.07, 6.45) is -4.21. The molecular formula is C7H9BF3LiO3. The predicted octanol–water partition coefficient (Wildman–Crippen LogP) is 0.00510. The fourth-order valence-electron chi connectivity index (χ4n) is 0.627. The van der Waals surface area contributed by atoms with Crippen LogP contribution in [0.5, 0.6) is 0 Å². The van der Waals surface area contributed by atoms with E-state index < -0.39 is 19.1 Å². The Labute approximate surface area is 96.9 Å². The molecule has 15 heavy (non-hydrogen) atoms. The van der Waals surface area contributed by atoms with Crippen LogP contribution >= 0.6 is 0 Å². The van der Waals surface area contributed by atoms with Gasteiger partial charge in [-0.15, -0.1) is 0 Å². The molecule has 1 rings (SSSR count). The van der Waals surface area contributed by atoms with Crippen LogP contribution in [0, 0.1) is 0 Å². The Morgan fingerprint density at radius 3 is 1.47 bits per heavy atom. The van der Waals surface area contributed by atoms with Gasteiger partial charge in [-0.2, -0.15) is 13.2 Å². The topological polar surface area (TPSA) is 60.7 Å². The second-order valence-electron chi connectivity index (χ2n) is 2.21. The van der Waals surface area contributed by atoms with E-state index in [9.17, 15) is 13.2 Å². The van der Waals surface area contributed by atoms with Crippen molar-refractivity contribution in [1.29, 1.82) is 0 Å². The van der Waals surface area contributed by atoms with E-state index in [1.165, 1.54) is 12.1 Å². The maximum absolute atomic E-state index is 11.8. The van der Waals surface area contributed by atoms with Crippen molar-refractivity contribution < 1.29 is 28.2 Å². The van der Waals surface area contributed by atoms with E-state index in [-0.39, 0.29) is 18.9 Å². The summed E-state index contributed by atoms with van der Waals surface area (Å²) in [4.78, 5) is 0. The van der Waals surface area contributed by atoms with E-state index in [4.69, 9.17) is 15.1 Å². The first-order valence-electron chi connectivity index (χ1n) is 3.50. The van der Waals surface area contributed by atoms with Gasteiger partial charge in [-0.1, -0.05) is 30.3 Å². The molecule has 0 radical (unpaired) electrons. The molecule has 0 atom stereocenters. The number of benzene rings is 1. The average molecular weight is 216 g/mol. The van der Waals surface area contributed by atoms with Gasteiger partial charge in [0.25, 0.3) is 0 Å². The first kappa shape index (κ1) is 17.0. The molecular weight excluding hydrogens is 207 g/mol. The van der Waals surface area contributed by atoms with Crippen molar-refractivity contribution in [3.63, 3.8) is 0 Å². The number of rotatable bonds is 0. The van der Waals surface area contributed by atoms with Gasteiger partial charge >= 0.3 is 32.4 Å².